The number of hydrogen-bond acceptors (Lipinski definition) is 4. The standard InChI is InChI=1S/C14H17N3O2/c15-10-12-4-1-2-5-13(12)19-9-8-17-7-3-6-16-14(18)11-17/h1-2,4-5H,3,6-9,11H2,(H,16,18). The summed E-state index contributed by atoms with van der Waals surface area (Å²) in [5, 5.41) is 11.8. The number of carbonyl (C=O) groups is 1. The summed E-state index contributed by atoms with van der Waals surface area (Å²) in [5.74, 6) is 0.666. The molecule has 1 aromatic carbocycles. The van der Waals surface area contributed by atoms with Crippen molar-refractivity contribution in [3.05, 3.63) is 29.8 Å². The van der Waals surface area contributed by atoms with Gasteiger partial charge in [0.15, 0.2) is 0 Å². The molecule has 1 amide bonds. The summed E-state index contributed by atoms with van der Waals surface area (Å²) in [6.45, 7) is 3.22. The first kappa shape index (κ1) is 13.4. The highest BCUT2D eigenvalue weighted by atomic mass is 16.5. The summed E-state index contributed by atoms with van der Waals surface area (Å²) in [6, 6.07) is 9.27. The summed E-state index contributed by atoms with van der Waals surface area (Å²) >= 11 is 0. The van der Waals surface area contributed by atoms with Crippen molar-refractivity contribution in [2.75, 3.05) is 32.8 Å². The van der Waals surface area contributed by atoms with Gasteiger partial charge in [-0.2, -0.15) is 5.26 Å². The zero-order valence-corrected chi connectivity index (χ0v) is 10.8. The van der Waals surface area contributed by atoms with E-state index in [2.05, 4.69) is 16.3 Å². The molecular formula is C14H17N3O2. The molecule has 0 aliphatic carbocycles. The SMILES string of the molecule is N#Cc1ccccc1OCCN1CCCNC(=O)C1. The quantitative estimate of drug-likeness (QED) is 0.867. The van der Waals surface area contributed by atoms with E-state index < -0.39 is 0 Å². The van der Waals surface area contributed by atoms with E-state index >= 15 is 0 Å². The number of para-hydroxylation sites is 1. The second-order valence-corrected chi connectivity index (χ2v) is 4.44. The van der Waals surface area contributed by atoms with Crippen LogP contribution in [0.5, 0.6) is 5.75 Å². The summed E-state index contributed by atoms with van der Waals surface area (Å²) in [4.78, 5) is 13.5. The average Bonchev–Trinajstić information content (AvgIpc) is 2.64. The number of ether oxygens (including phenoxy) is 1. The lowest BCUT2D eigenvalue weighted by Crippen LogP contribution is -2.35. The molecule has 0 aromatic heterocycles. The largest absolute Gasteiger partial charge is 0.491 e. The van der Waals surface area contributed by atoms with Crippen LogP contribution < -0.4 is 10.1 Å². The Hall–Kier alpha value is -2.06. The number of amides is 1. The zero-order chi connectivity index (χ0) is 13.5. The highest BCUT2D eigenvalue weighted by molar-refractivity contribution is 5.78. The zero-order valence-electron chi connectivity index (χ0n) is 10.8. The van der Waals surface area contributed by atoms with Crippen molar-refractivity contribution in [2.24, 2.45) is 0 Å². The van der Waals surface area contributed by atoms with Crippen LogP contribution in [0, 0.1) is 11.3 Å². The van der Waals surface area contributed by atoms with Crippen molar-refractivity contribution in [3.63, 3.8) is 0 Å². The number of carbonyl (C=O) groups excluding carboxylic acids is 1. The maximum Gasteiger partial charge on any atom is 0.234 e. The van der Waals surface area contributed by atoms with Gasteiger partial charge >= 0.3 is 0 Å². The molecule has 0 saturated carbocycles. The van der Waals surface area contributed by atoms with Gasteiger partial charge in [0.1, 0.15) is 18.4 Å². The van der Waals surface area contributed by atoms with Crippen LogP contribution in [0.3, 0.4) is 0 Å². The van der Waals surface area contributed by atoms with Gasteiger partial charge in [-0.15, -0.1) is 0 Å². The number of nitrogens with one attached hydrogen (secondary N) is 1. The van der Waals surface area contributed by atoms with Gasteiger partial charge in [-0.25, -0.2) is 0 Å². The van der Waals surface area contributed by atoms with Crippen LogP contribution in [-0.4, -0.2) is 43.6 Å². The van der Waals surface area contributed by atoms with Gasteiger partial charge in [0, 0.05) is 19.6 Å². The van der Waals surface area contributed by atoms with Gasteiger partial charge in [-0.1, -0.05) is 12.1 Å². The minimum absolute atomic E-state index is 0.0647. The molecule has 100 valence electrons. The minimum atomic E-state index is 0.0647. The lowest BCUT2D eigenvalue weighted by Gasteiger charge is -2.18. The monoisotopic (exact) mass is 259 g/mol. The Morgan fingerprint density at radius 3 is 3.11 bits per heavy atom. The van der Waals surface area contributed by atoms with Crippen LogP contribution in [-0.2, 0) is 4.79 Å². The first-order chi connectivity index (χ1) is 9.29. The third-order valence-corrected chi connectivity index (χ3v) is 3.01. The van der Waals surface area contributed by atoms with Crippen molar-refractivity contribution >= 4 is 5.91 Å². The fraction of sp³-hybridized carbons (Fsp3) is 0.429. The van der Waals surface area contributed by atoms with Crippen molar-refractivity contribution < 1.29 is 9.53 Å². The molecule has 0 bridgehead atoms. The van der Waals surface area contributed by atoms with Crippen LogP contribution in [0.2, 0.25) is 0 Å². The summed E-state index contributed by atoms with van der Waals surface area (Å²) in [6.07, 6.45) is 0.959. The molecule has 19 heavy (non-hydrogen) atoms. The molecule has 5 heteroatoms. The Bertz CT molecular complexity index is 482. The topological polar surface area (TPSA) is 65.4 Å². The first-order valence-corrected chi connectivity index (χ1v) is 6.40. The first-order valence-electron chi connectivity index (χ1n) is 6.40. The smallest absolute Gasteiger partial charge is 0.234 e. The van der Waals surface area contributed by atoms with Crippen molar-refractivity contribution in [2.45, 2.75) is 6.42 Å². The van der Waals surface area contributed by atoms with Crippen LogP contribution >= 0.6 is 0 Å². The molecule has 1 fully saturated rings. The molecular weight excluding hydrogens is 242 g/mol. The fourth-order valence-corrected chi connectivity index (χ4v) is 2.03. The summed E-state index contributed by atoms with van der Waals surface area (Å²) in [7, 11) is 0. The van der Waals surface area contributed by atoms with Crippen molar-refractivity contribution in [1.82, 2.24) is 10.2 Å². The third-order valence-electron chi connectivity index (χ3n) is 3.01. The van der Waals surface area contributed by atoms with E-state index in [0.29, 0.717) is 31.0 Å². The molecule has 0 radical (unpaired) electrons. The molecule has 0 atom stereocenters. The molecule has 0 spiro atoms. The highest BCUT2D eigenvalue weighted by Crippen LogP contribution is 2.16. The summed E-state index contributed by atoms with van der Waals surface area (Å²) in [5.41, 5.74) is 0.538. The van der Waals surface area contributed by atoms with Crippen LogP contribution in [0.1, 0.15) is 12.0 Å². The predicted octanol–water partition coefficient (Wildman–Crippen LogP) is 0.759. The lowest BCUT2D eigenvalue weighted by atomic mass is 10.2. The number of nitriles is 1. The molecule has 1 aliphatic rings. The average molecular weight is 259 g/mol. The molecule has 1 heterocycles. The number of nitrogens with zero attached hydrogens (tertiary/aromatic N) is 2. The van der Waals surface area contributed by atoms with Gasteiger partial charge in [-0.05, 0) is 18.6 Å². The van der Waals surface area contributed by atoms with E-state index in [1.807, 2.05) is 12.1 Å². The van der Waals surface area contributed by atoms with Crippen LogP contribution in [0.4, 0.5) is 0 Å². The summed E-state index contributed by atoms with van der Waals surface area (Å²) < 4.78 is 5.61. The van der Waals surface area contributed by atoms with Gasteiger partial charge in [0.25, 0.3) is 0 Å². The Balaban J connectivity index is 1.83. The molecule has 1 aliphatic heterocycles. The molecule has 5 nitrogen and oxygen atoms in total. The third kappa shape index (κ3) is 3.97. The molecule has 0 unspecified atom stereocenters. The Morgan fingerprint density at radius 1 is 1.42 bits per heavy atom. The van der Waals surface area contributed by atoms with E-state index in [-0.39, 0.29) is 5.91 Å². The van der Waals surface area contributed by atoms with Gasteiger partial charge in [-0.3, -0.25) is 9.69 Å². The van der Waals surface area contributed by atoms with Gasteiger partial charge in [0.05, 0.1) is 12.1 Å². The number of rotatable bonds is 4. The number of hydrogen-bond donors (Lipinski definition) is 1. The minimum Gasteiger partial charge on any atom is -0.491 e. The molecule has 2 rings (SSSR count). The number of benzene rings is 1. The van der Waals surface area contributed by atoms with Crippen molar-refractivity contribution in [1.29, 1.82) is 5.26 Å². The van der Waals surface area contributed by atoms with E-state index in [4.69, 9.17) is 10.00 Å². The molecule has 1 N–H and O–H groups in total. The highest BCUT2D eigenvalue weighted by Gasteiger charge is 2.14. The molecule has 1 aromatic rings. The van der Waals surface area contributed by atoms with Crippen molar-refractivity contribution in [3.8, 4) is 11.8 Å². The predicted molar refractivity (Wildman–Crippen MR) is 70.7 cm³/mol. The van der Waals surface area contributed by atoms with E-state index in [9.17, 15) is 4.79 Å². The van der Waals surface area contributed by atoms with Gasteiger partial charge in [0.2, 0.25) is 5.91 Å². The Kier molecular flexibility index (Phi) is 4.76. The second kappa shape index (κ2) is 6.76. The van der Waals surface area contributed by atoms with E-state index in [0.717, 1.165) is 19.5 Å². The van der Waals surface area contributed by atoms with E-state index in [1.165, 1.54) is 0 Å². The maximum atomic E-state index is 11.4. The Labute approximate surface area is 112 Å². The normalized spacial score (nSPS) is 16.3. The molecule has 1 saturated heterocycles. The van der Waals surface area contributed by atoms with Gasteiger partial charge < -0.3 is 10.1 Å². The lowest BCUT2D eigenvalue weighted by molar-refractivity contribution is -0.121. The second-order valence-electron chi connectivity index (χ2n) is 4.44. The van der Waals surface area contributed by atoms with Crippen LogP contribution in [0.25, 0.3) is 0 Å². The van der Waals surface area contributed by atoms with Crippen LogP contribution in [0.15, 0.2) is 24.3 Å². The maximum absolute atomic E-state index is 11.4. The fourth-order valence-electron chi connectivity index (χ4n) is 2.03. The Morgan fingerprint density at radius 2 is 2.26 bits per heavy atom. The van der Waals surface area contributed by atoms with E-state index in [1.54, 1.807) is 12.1 Å².